The smallest absolute Gasteiger partial charge is 0.259 e. The van der Waals surface area contributed by atoms with Gasteiger partial charge >= 0.3 is 0 Å². The molecule has 3 aromatic heterocycles. The second-order valence-electron chi connectivity index (χ2n) is 10.4. The van der Waals surface area contributed by atoms with E-state index in [1.165, 1.54) is 10.8 Å². The van der Waals surface area contributed by atoms with Gasteiger partial charge < -0.3 is 20.0 Å². The van der Waals surface area contributed by atoms with E-state index in [0.29, 0.717) is 56.7 Å². The molecular weight excluding hydrogens is 472 g/mol. The van der Waals surface area contributed by atoms with Gasteiger partial charge in [0.15, 0.2) is 5.76 Å². The van der Waals surface area contributed by atoms with E-state index in [-0.39, 0.29) is 35.6 Å². The lowest BCUT2D eigenvalue weighted by Crippen LogP contribution is -2.63. The highest BCUT2D eigenvalue weighted by atomic mass is 19.3. The number of piperidine rings is 1. The Morgan fingerprint density at radius 1 is 1.22 bits per heavy atom. The molecule has 1 spiro atoms. The topological polar surface area (TPSA) is 122 Å². The van der Waals surface area contributed by atoms with Crippen LogP contribution in [0.3, 0.4) is 0 Å². The van der Waals surface area contributed by atoms with Crippen molar-refractivity contribution in [3.8, 4) is 11.6 Å². The fraction of sp³-hybridized carbons (Fsp3) is 0.609. The molecule has 1 atom stereocenters. The van der Waals surface area contributed by atoms with Gasteiger partial charge in [0.05, 0.1) is 12.8 Å². The van der Waals surface area contributed by atoms with Crippen molar-refractivity contribution in [1.82, 2.24) is 34.4 Å². The number of furan rings is 1. The zero-order chi connectivity index (χ0) is 25.1. The van der Waals surface area contributed by atoms with E-state index in [1.807, 2.05) is 14.7 Å². The van der Waals surface area contributed by atoms with Crippen LogP contribution in [0.15, 0.2) is 22.8 Å². The molecule has 1 amide bonds. The molecule has 3 aliphatic heterocycles. The summed E-state index contributed by atoms with van der Waals surface area (Å²) in [4.78, 5) is 32.5. The van der Waals surface area contributed by atoms with E-state index in [0.717, 1.165) is 26.2 Å². The minimum Gasteiger partial charge on any atom is -0.461 e. The molecule has 0 saturated carbocycles. The number of likely N-dealkylation sites (tertiary alicyclic amines) is 2. The summed E-state index contributed by atoms with van der Waals surface area (Å²) in [5, 5.41) is 4.33. The predicted molar refractivity (Wildman–Crippen MR) is 126 cm³/mol. The van der Waals surface area contributed by atoms with Gasteiger partial charge in [0.25, 0.3) is 11.7 Å². The van der Waals surface area contributed by atoms with Crippen molar-refractivity contribution in [1.29, 1.82) is 0 Å². The Morgan fingerprint density at radius 3 is 2.69 bits per heavy atom. The van der Waals surface area contributed by atoms with Gasteiger partial charge in [-0.15, -0.1) is 5.10 Å². The Morgan fingerprint density at radius 2 is 2.00 bits per heavy atom. The van der Waals surface area contributed by atoms with Gasteiger partial charge in [-0.2, -0.15) is 19.5 Å². The van der Waals surface area contributed by atoms with Gasteiger partial charge in [-0.25, -0.2) is 8.78 Å². The molecule has 6 rings (SSSR count). The van der Waals surface area contributed by atoms with Gasteiger partial charge in [0.2, 0.25) is 23.6 Å². The van der Waals surface area contributed by atoms with Crippen LogP contribution < -0.4 is 10.6 Å². The molecule has 6 heterocycles. The van der Waals surface area contributed by atoms with Gasteiger partial charge in [-0.3, -0.25) is 9.69 Å². The molecule has 3 fully saturated rings. The molecule has 0 bridgehead atoms. The summed E-state index contributed by atoms with van der Waals surface area (Å²) in [6, 6.07) is 3.12. The summed E-state index contributed by atoms with van der Waals surface area (Å²) >= 11 is 0. The minimum absolute atomic E-state index is 0.0541. The molecule has 13 heteroatoms. The number of hydrogen-bond donors (Lipinski definition) is 1. The molecule has 3 aliphatic rings. The molecule has 2 N–H and O–H groups in total. The standard InChI is InChI=1S/C23H29F2N9O2/c1-22(24,25)12-31-13-23(14-31)6-9-32(10-7-23)18(35)15-4-2-8-33(15)20-28-19(26)34-21(29-20)27-17(30-34)16-5-3-11-36-16/h3,5,11,15H,2,4,6-10,12-14H2,1H3,(H2,26,27,28,29,30)/t15-/m0/s1. The van der Waals surface area contributed by atoms with Crippen LogP contribution >= 0.6 is 0 Å². The maximum atomic E-state index is 13.5. The maximum Gasteiger partial charge on any atom is 0.259 e. The quantitative estimate of drug-likeness (QED) is 0.559. The molecule has 0 radical (unpaired) electrons. The third-order valence-corrected chi connectivity index (χ3v) is 7.51. The number of hydrogen-bond acceptors (Lipinski definition) is 9. The van der Waals surface area contributed by atoms with E-state index in [1.54, 1.807) is 12.1 Å². The van der Waals surface area contributed by atoms with Crippen molar-refractivity contribution in [2.45, 2.75) is 44.6 Å². The van der Waals surface area contributed by atoms with E-state index in [4.69, 9.17) is 10.2 Å². The number of aromatic nitrogens is 5. The lowest BCUT2D eigenvalue weighted by molar-refractivity contribution is -0.139. The summed E-state index contributed by atoms with van der Waals surface area (Å²) in [6.07, 6.45) is 4.75. The number of amides is 1. The van der Waals surface area contributed by atoms with Crippen molar-refractivity contribution >= 4 is 23.6 Å². The van der Waals surface area contributed by atoms with E-state index in [2.05, 4.69) is 20.1 Å². The third kappa shape index (κ3) is 4.14. The fourth-order valence-corrected chi connectivity index (χ4v) is 5.83. The first-order chi connectivity index (χ1) is 17.2. The Kier molecular flexibility index (Phi) is 5.36. The lowest BCUT2D eigenvalue weighted by atomic mass is 9.72. The fourth-order valence-electron chi connectivity index (χ4n) is 5.83. The molecule has 11 nitrogen and oxygen atoms in total. The van der Waals surface area contributed by atoms with E-state index in [9.17, 15) is 13.6 Å². The van der Waals surface area contributed by atoms with Crippen LogP contribution in [-0.2, 0) is 4.79 Å². The van der Waals surface area contributed by atoms with Gasteiger partial charge in [0, 0.05) is 39.6 Å². The number of nitrogens with two attached hydrogens (primary N) is 1. The van der Waals surface area contributed by atoms with Crippen LogP contribution in [0.5, 0.6) is 0 Å². The zero-order valence-corrected chi connectivity index (χ0v) is 20.1. The summed E-state index contributed by atoms with van der Waals surface area (Å²) < 4.78 is 33.3. The van der Waals surface area contributed by atoms with Crippen molar-refractivity contribution in [2.24, 2.45) is 5.41 Å². The first-order valence-electron chi connectivity index (χ1n) is 12.3. The Bertz CT molecular complexity index is 1260. The highest BCUT2D eigenvalue weighted by Crippen LogP contribution is 2.41. The number of fused-ring (bicyclic) bond motifs is 1. The maximum absolute atomic E-state index is 13.5. The SMILES string of the molecule is CC(F)(F)CN1CC2(CCN(C(=O)[C@@H]3CCCN3c3nc(N)n4nc(-c5ccco5)nc4n3)CC2)C1. The molecular formula is C23H29F2N9O2. The average molecular weight is 502 g/mol. The largest absolute Gasteiger partial charge is 0.461 e. The van der Waals surface area contributed by atoms with E-state index >= 15 is 0 Å². The molecule has 0 aliphatic carbocycles. The monoisotopic (exact) mass is 501 g/mol. The van der Waals surface area contributed by atoms with Crippen molar-refractivity contribution in [3.63, 3.8) is 0 Å². The second kappa shape index (κ2) is 8.36. The molecule has 36 heavy (non-hydrogen) atoms. The summed E-state index contributed by atoms with van der Waals surface area (Å²) in [5.41, 5.74) is 6.22. The summed E-state index contributed by atoms with van der Waals surface area (Å²) in [5.74, 6) is -0.995. The van der Waals surface area contributed by atoms with Crippen molar-refractivity contribution in [2.75, 3.05) is 49.9 Å². The number of carbonyl (C=O) groups excluding carboxylic acids is 1. The first kappa shape index (κ1) is 23.1. The summed E-state index contributed by atoms with van der Waals surface area (Å²) in [7, 11) is 0. The van der Waals surface area contributed by atoms with Crippen LogP contribution in [0.2, 0.25) is 0 Å². The molecule has 3 saturated heterocycles. The number of anilines is 2. The van der Waals surface area contributed by atoms with Gasteiger partial charge in [0.1, 0.15) is 6.04 Å². The van der Waals surface area contributed by atoms with Crippen molar-refractivity contribution in [3.05, 3.63) is 18.4 Å². The number of alkyl halides is 2. The number of nitrogen functional groups attached to an aromatic ring is 1. The third-order valence-electron chi connectivity index (χ3n) is 7.51. The van der Waals surface area contributed by atoms with Crippen molar-refractivity contribution < 1.29 is 18.0 Å². The van der Waals surface area contributed by atoms with Crippen LogP contribution in [-0.4, -0.2) is 91.5 Å². The van der Waals surface area contributed by atoms with Crippen LogP contribution in [0.1, 0.15) is 32.6 Å². The Balaban J connectivity index is 1.14. The Labute approximate surface area is 206 Å². The number of halogens is 2. The molecule has 192 valence electrons. The normalized spacial score (nSPS) is 22.5. The Hall–Kier alpha value is -3.35. The van der Waals surface area contributed by atoms with E-state index < -0.39 is 5.92 Å². The van der Waals surface area contributed by atoms with Gasteiger partial charge in [-0.1, -0.05) is 0 Å². The second-order valence-corrected chi connectivity index (χ2v) is 10.4. The molecule has 0 unspecified atom stereocenters. The molecule has 0 aromatic carbocycles. The average Bonchev–Trinajstić information content (AvgIpc) is 3.57. The van der Waals surface area contributed by atoms with Crippen LogP contribution in [0.25, 0.3) is 17.4 Å². The zero-order valence-electron chi connectivity index (χ0n) is 20.1. The predicted octanol–water partition coefficient (Wildman–Crippen LogP) is 1.91. The highest BCUT2D eigenvalue weighted by molar-refractivity contribution is 5.85. The number of nitrogens with zero attached hydrogens (tertiary/aromatic N) is 8. The van der Waals surface area contributed by atoms with Gasteiger partial charge in [-0.05, 0) is 43.2 Å². The first-order valence-corrected chi connectivity index (χ1v) is 12.3. The van der Waals surface area contributed by atoms with Crippen LogP contribution in [0, 0.1) is 5.41 Å². The number of carbonyl (C=O) groups is 1. The lowest BCUT2D eigenvalue weighted by Gasteiger charge is -2.54. The van der Waals surface area contributed by atoms with Crippen LogP contribution in [0.4, 0.5) is 20.7 Å². The minimum atomic E-state index is -2.68. The molecule has 3 aromatic rings. The highest BCUT2D eigenvalue weighted by Gasteiger charge is 2.48. The number of rotatable bonds is 5. The summed E-state index contributed by atoms with van der Waals surface area (Å²) in [6.45, 7) is 4.04.